The molecule has 4 heteroatoms. The summed E-state index contributed by atoms with van der Waals surface area (Å²) in [5, 5.41) is 10.5. The Morgan fingerprint density at radius 2 is 2.00 bits per heavy atom. The Kier molecular flexibility index (Phi) is 4.73. The molecule has 0 radical (unpaired) electrons. The van der Waals surface area contributed by atoms with Gasteiger partial charge in [-0.15, -0.1) is 0 Å². The van der Waals surface area contributed by atoms with Crippen molar-refractivity contribution < 1.29 is 9.90 Å². The Balaban J connectivity index is 2.69. The molecule has 0 atom stereocenters. The van der Waals surface area contributed by atoms with Crippen molar-refractivity contribution >= 4 is 34.5 Å². The number of fused-ring (bicyclic) bond motifs is 1. The van der Waals surface area contributed by atoms with Gasteiger partial charge in [0, 0.05) is 23.6 Å². The van der Waals surface area contributed by atoms with Gasteiger partial charge in [-0.25, -0.2) is 4.79 Å². The Labute approximate surface area is 129 Å². The average molecular weight is 306 g/mol. The van der Waals surface area contributed by atoms with E-state index in [1.54, 1.807) is 6.08 Å². The van der Waals surface area contributed by atoms with Gasteiger partial charge in [-0.05, 0) is 49.6 Å². The SMILES string of the molecule is CCCCn1c(Cl)c(/C=C/C(=O)O)c2cc(C)c(C)cc21. The maximum absolute atomic E-state index is 10.8. The zero-order valence-electron chi connectivity index (χ0n) is 12.6. The molecule has 2 aromatic rings. The summed E-state index contributed by atoms with van der Waals surface area (Å²) >= 11 is 6.49. The number of carboxylic acid groups (broad SMARTS) is 1. The van der Waals surface area contributed by atoms with E-state index in [1.807, 2.05) is 0 Å². The number of rotatable bonds is 5. The normalized spacial score (nSPS) is 11.6. The van der Waals surface area contributed by atoms with Crippen molar-refractivity contribution in [1.82, 2.24) is 4.57 Å². The number of carbonyl (C=O) groups is 1. The first-order valence-corrected chi connectivity index (χ1v) is 7.53. The largest absolute Gasteiger partial charge is 0.478 e. The minimum Gasteiger partial charge on any atom is -0.478 e. The first kappa shape index (κ1) is 15.6. The molecule has 21 heavy (non-hydrogen) atoms. The lowest BCUT2D eigenvalue weighted by atomic mass is 10.0. The molecule has 3 nitrogen and oxygen atoms in total. The fourth-order valence-electron chi connectivity index (χ4n) is 2.45. The van der Waals surface area contributed by atoms with Crippen LogP contribution in [0.2, 0.25) is 5.15 Å². The zero-order valence-corrected chi connectivity index (χ0v) is 13.4. The van der Waals surface area contributed by atoms with Crippen LogP contribution < -0.4 is 0 Å². The molecule has 0 saturated heterocycles. The predicted molar refractivity (Wildman–Crippen MR) is 88.0 cm³/mol. The lowest BCUT2D eigenvalue weighted by molar-refractivity contribution is -0.131. The quantitative estimate of drug-likeness (QED) is 0.805. The van der Waals surface area contributed by atoms with Crippen LogP contribution in [-0.4, -0.2) is 15.6 Å². The van der Waals surface area contributed by atoms with Gasteiger partial charge in [-0.3, -0.25) is 0 Å². The van der Waals surface area contributed by atoms with Crippen molar-refractivity contribution in [3.63, 3.8) is 0 Å². The van der Waals surface area contributed by atoms with Gasteiger partial charge in [0.1, 0.15) is 5.15 Å². The van der Waals surface area contributed by atoms with Crippen LogP contribution in [0.5, 0.6) is 0 Å². The van der Waals surface area contributed by atoms with Crippen LogP contribution in [0, 0.1) is 13.8 Å². The zero-order chi connectivity index (χ0) is 15.6. The molecule has 0 bridgehead atoms. The van der Waals surface area contributed by atoms with Gasteiger partial charge in [0.25, 0.3) is 0 Å². The monoisotopic (exact) mass is 305 g/mol. The predicted octanol–water partition coefficient (Wildman–Crippen LogP) is 4.81. The van der Waals surface area contributed by atoms with Crippen molar-refractivity contribution in [1.29, 1.82) is 0 Å². The summed E-state index contributed by atoms with van der Waals surface area (Å²) in [4.78, 5) is 10.8. The minimum atomic E-state index is -0.968. The molecule has 1 N–H and O–H groups in total. The number of unbranched alkanes of at least 4 members (excludes halogenated alkanes) is 1. The summed E-state index contributed by atoms with van der Waals surface area (Å²) in [5.74, 6) is -0.968. The molecule has 1 aromatic carbocycles. The maximum atomic E-state index is 10.8. The van der Waals surface area contributed by atoms with Crippen LogP contribution >= 0.6 is 11.6 Å². The van der Waals surface area contributed by atoms with E-state index in [1.165, 1.54) is 11.1 Å². The van der Waals surface area contributed by atoms with E-state index < -0.39 is 5.97 Å². The average Bonchev–Trinajstić information content (AvgIpc) is 2.66. The molecule has 0 aliphatic heterocycles. The Hall–Kier alpha value is -1.74. The molecule has 0 fully saturated rings. The van der Waals surface area contributed by atoms with Crippen molar-refractivity contribution in [3.05, 3.63) is 40.1 Å². The highest BCUT2D eigenvalue weighted by molar-refractivity contribution is 6.33. The molecule has 0 saturated carbocycles. The summed E-state index contributed by atoms with van der Waals surface area (Å²) in [7, 11) is 0. The summed E-state index contributed by atoms with van der Waals surface area (Å²) in [6, 6.07) is 4.21. The lowest BCUT2D eigenvalue weighted by Crippen LogP contribution is -1.97. The van der Waals surface area contributed by atoms with Crippen molar-refractivity contribution in [2.45, 2.75) is 40.2 Å². The third-order valence-corrected chi connectivity index (χ3v) is 4.19. The van der Waals surface area contributed by atoms with E-state index in [-0.39, 0.29) is 0 Å². The van der Waals surface area contributed by atoms with Crippen molar-refractivity contribution in [2.24, 2.45) is 0 Å². The second-order valence-electron chi connectivity index (χ2n) is 5.33. The molecule has 2 rings (SSSR count). The summed E-state index contributed by atoms with van der Waals surface area (Å²) in [5.41, 5.74) is 4.25. The number of aryl methyl sites for hydroxylation is 3. The van der Waals surface area contributed by atoms with Gasteiger partial charge in [-0.2, -0.15) is 0 Å². The summed E-state index contributed by atoms with van der Waals surface area (Å²) in [6.45, 7) is 7.11. The molecule has 0 unspecified atom stereocenters. The Morgan fingerprint density at radius 1 is 1.33 bits per heavy atom. The molecule has 0 aliphatic rings. The van der Waals surface area contributed by atoms with Crippen LogP contribution in [0.25, 0.3) is 17.0 Å². The second kappa shape index (κ2) is 6.35. The van der Waals surface area contributed by atoms with Crippen molar-refractivity contribution in [2.75, 3.05) is 0 Å². The van der Waals surface area contributed by atoms with Crippen LogP contribution in [0.4, 0.5) is 0 Å². The maximum Gasteiger partial charge on any atom is 0.328 e. The third-order valence-electron chi connectivity index (χ3n) is 3.78. The number of aromatic nitrogens is 1. The van der Waals surface area contributed by atoms with Crippen LogP contribution in [0.1, 0.15) is 36.5 Å². The number of carboxylic acids is 1. The topological polar surface area (TPSA) is 42.2 Å². The van der Waals surface area contributed by atoms with Gasteiger partial charge in [-0.1, -0.05) is 24.9 Å². The van der Waals surface area contributed by atoms with Gasteiger partial charge in [0.15, 0.2) is 0 Å². The number of halogens is 1. The van der Waals surface area contributed by atoms with E-state index in [4.69, 9.17) is 16.7 Å². The fourth-order valence-corrected chi connectivity index (χ4v) is 2.79. The molecule has 1 heterocycles. The van der Waals surface area contributed by atoms with Gasteiger partial charge in [0.05, 0.1) is 5.52 Å². The van der Waals surface area contributed by atoms with E-state index in [9.17, 15) is 4.79 Å². The number of benzene rings is 1. The Bertz CT molecular complexity index is 713. The first-order valence-electron chi connectivity index (χ1n) is 7.15. The second-order valence-corrected chi connectivity index (χ2v) is 5.69. The number of aliphatic carboxylic acids is 1. The summed E-state index contributed by atoms with van der Waals surface area (Å²) in [6.07, 6.45) is 4.85. The molecule has 1 aromatic heterocycles. The number of hydrogen-bond donors (Lipinski definition) is 1. The van der Waals surface area contributed by atoms with E-state index >= 15 is 0 Å². The first-order chi connectivity index (χ1) is 9.95. The third kappa shape index (κ3) is 3.13. The van der Waals surface area contributed by atoms with E-state index in [0.717, 1.165) is 41.9 Å². The molecule has 112 valence electrons. The minimum absolute atomic E-state index is 0.612. The van der Waals surface area contributed by atoms with E-state index in [0.29, 0.717) is 5.15 Å². The Morgan fingerprint density at radius 3 is 2.62 bits per heavy atom. The molecular formula is C17H20ClNO2. The highest BCUT2D eigenvalue weighted by Crippen LogP contribution is 2.33. The lowest BCUT2D eigenvalue weighted by Gasteiger charge is -2.07. The smallest absolute Gasteiger partial charge is 0.328 e. The fraction of sp³-hybridized carbons (Fsp3) is 0.353. The van der Waals surface area contributed by atoms with Crippen LogP contribution in [-0.2, 0) is 11.3 Å². The van der Waals surface area contributed by atoms with Crippen LogP contribution in [0.3, 0.4) is 0 Å². The van der Waals surface area contributed by atoms with Gasteiger partial charge in [0.2, 0.25) is 0 Å². The molecule has 0 amide bonds. The van der Waals surface area contributed by atoms with Crippen LogP contribution in [0.15, 0.2) is 18.2 Å². The molecule has 0 spiro atoms. The molecule has 0 aliphatic carbocycles. The van der Waals surface area contributed by atoms with Gasteiger partial charge < -0.3 is 9.67 Å². The summed E-state index contributed by atoms with van der Waals surface area (Å²) < 4.78 is 2.08. The number of hydrogen-bond acceptors (Lipinski definition) is 1. The number of nitrogens with zero attached hydrogens (tertiary/aromatic N) is 1. The molecular weight excluding hydrogens is 286 g/mol. The highest BCUT2D eigenvalue weighted by atomic mass is 35.5. The standard InChI is InChI=1S/C17H20ClNO2/c1-4-5-8-19-15-10-12(3)11(2)9-14(15)13(17(19)18)6-7-16(20)21/h6-7,9-10H,4-5,8H2,1-3H3,(H,20,21)/b7-6+. The highest BCUT2D eigenvalue weighted by Gasteiger charge is 2.15. The van der Waals surface area contributed by atoms with Gasteiger partial charge >= 0.3 is 5.97 Å². The van der Waals surface area contributed by atoms with Crippen molar-refractivity contribution in [3.8, 4) is 0 Å². The van der Waals surface area contributed by atoms with E-state index in [2.05, 4.69) is 37.5 Å².